The summed E-state index contributed by atoms with van der Waals surface area (Å²) < 4.78 is 12.2. The Morgan fingerprint density at radius 1 is 1.16 bits per heavy atom. The molecule has 0 amide bonds. The van der Waals surface area contributed by atoms with Crippen LogP contribution in [0.4, 0.5) is 5.69 Å². The number of hydrogen-bond acceptors (Lipinski definition) is 3. The first kappa shape index (κ1) is 14.4. The van der Waals surface area contributed by atoms with Gasteiger partial charge in [-0.1, -0.05) is 29.8 Å². The largest absolute Gasteiger partial charge is 0.399 e. The van der Waals surface area contributed by atoms with Crippen LogP contribution >= 0.6 is 23.4 Å². The van der Waals surface area contributed by atoms with Gasteiger partial charge in [-0.3, -0.25) is 4.21 Å². The van der Waals surface area contributed by atoms with Gasteiger partial charge in [0.1, 0.15) is 0 Å². The summed E-state index contributed by atoms with van der Waals surface area (Å²) in [7, 11) is -1.11. The molecule has 19 heavy (non-hydrogen) atoms. The van der Waals surface area contributed by atoms with Crippen molar-refractivity contribution in [3.8, 4) is 0 Å². The average Bonchev–Trinajstić information content (AvgIpc) is 2.42. The molecule has 0 bridgehead atoms. The molecule has 0 spiro atoms. The summed E-state index contributed by atoms with van der Waals surface area (Å²) >= 11 is 7.72. The maximum Gasteiger partial charge on any atom is 0.0595 e. The van der Waals surface area contributed by atoms with Crippen LogP contribution in [0.1, 0.15) is 0 Å². The molecule has 0 aromatic heterocycles. The highest BCUT2D eigenvalue weighted by Gasteiger charge is 2.09. The summed E-state index contributed by atoms with van der Waals surface area (Å²) in [4.78, 5) is 1.80. The number of rotatable bonds is 5. The number of hydrogen-bond donors (Lipinski definition) is 1. The van der Waals surface area contributed by atoms with E-state index in [2.05, 4.69) is 0 Å². The Morgan fingerprint density at radius 3 is 2.63 bits per heavy atom. The number of thioether (sulfide) groups is 1. The molecule has 0 aliphatic carbocycles. The molecule has 2 aromatic rings. The molecule has 0 saturated heterocycles. The van der Waals surface area contributed by atoms with Crippen LogP contribution in [0, 0.1) is 0 Å². The second-order valence-electron chi connectivity index (χ2n) is 3.90. The highest BCUT2D eigenvalue weighted by Crippen LogP contribution is 2.24. The highest BCUT2D eigenvalue weighted by molar-refractivity contribution is 8.00. The van der Waals surface area contributed by atoms with Crippen LogP contribution in [0.3, 0.4) is 0 Å². The number of nitrogens with two attached hydrogens (primary N) is 1. The first-order valence-electron chi connectivity index (χ1n) is 5.78. The second-order valence-corrected chi connectivity index (χ2v) is 7.02. The van der Waals surface area contributed by atoms with Crippen molar-refractivity contribution < 1.29 is 4.21 Å². The average molecular weight is 312 g/mol. The Bertz CT molecular complexity index is 575. The predicted molar refractivity (Wildman–Crippen MR) is 84.3 cm³/mol. The van der Waals surface area contributed by atoms with Gasteiger partial charge in [-0.05, 0) is 30.3 Å². The van der Waals surface area contributed by atoms with Crippen molar-refractivity contribution >= 4 is 39.8 Å². The van der Waals surface area contributed by atoms with Crippen molar-refractivity contribution in [3.05, 3.63) is 53.6 Å². The molecule has 2 N–H and O–H groups in total. The maximum absolute atomic E-state index is 12.2. The van der Waals surface area contributed by atoms with E-state index in [1.54, 1.807) is 30.0 Å². The molecule has 1 unspecified atom stereocenters. The molecule has 0 aliphatic heterocycles. The van der Waals surface area contributed by atoms with Crippen molar-refractivity contribution in [2.45, 2.75) is 9.79 Å². The lowest BCUT2D eigenvalue weighted by molar-refractivity contribution is 0.684. The van der Waals surface area contributed by atoms with E-state index in [-0.39, 0.29) is 0 Å². The van der Waals surface area contributed by atoms with Crippen LogP contribution < -0.4 is 5.73 Å². The Morgan fingerprint density at radius 2 is 1.89 bits per heavy atom. The first-order valence-corrected chi connectivity index (χ1v) is 8.46. The van der Waals surface area contributed by atoms with Gasteiger partial charge >= 0.3 is 0 Å². The number of halogens is 1. The molecule has 0 aliphatic rings. The molecule has 0 radical (unpaired) electrons. The molecular weight excluding hydrogens is 298 g/mol. The molecule has 0 saturated carbocycles. The van der Waals surface area contributed by atoms with Crippen molar-refractivity contribution in [3.63, 3.8) is 0 Å². The van der Waals surface area contributed by atoms with Gasteiger partial charge in [0.25, 0.3) is 0 Å². The van der Waals surface area contributed by atoms with Crippen molar-refractivity contribution in [1.82, 2.24) is 0 Å². The van der Waals surface area contributed by atoms with Crippen LogP contribution in [0.2, 0.25) is 5.02 Å². The van der Waals surface area contributed by atoms with Gasteiger partial charge in [-0.25, -0.2) is 0 Å². The number of anilines is 1. The summed E-state index contributed by atoms with van der Waals surface area (Å²) in [6, 6.07) is 15.1. The van der Waals surface area contributed by atoms with Crippen LogP contribution in [0.25, 0.3) is 0 Å². The van der Waals surface area contributed by atoms with Crippen molar-refractivity contribution in [2.24, 2.45) is 0 Å². The van der Waals surface area contributed by atoms with Crippen LogP contribution in [-0.4, -0.2) is 15.7 Å². The molecule has 2 rings (SSSR count). The van der Waals surface area contributed by atoms with E-state index in [1.807, 2.05) is 30.3 Å². The van der Waals surface area contributed by atoms with E-state index in [0.29, 0.717) is 21.4 Å². The third-order valence-electron chi connectivity index (χ3n) is 2.48. The van der Waals surface area contributed by atoms with Gasteiger partial charge in [0.2, 0.25) is 0 Å². The monoisotopic (exact) mass is 311 g/mol. The van der Waals surface area contributed by atoms with Gasteiger partial charge in [0.15, 0.2) is 0 Å². The molecule has 100 valence electrons. The SMILES string of the molecule is Nc1ccc(Cl)c(S(=O)CCSc2ccccc2)c1. The van der Waals surface area contributed by atoms with E-state index in [4.69, 9.17) is 17.3 Å². The zero-order chi connectivity index (χ0) is 13.7. The zero-order valence-electron chi connectivity index (χ0n) is 10.2. The fourth-order valence-corrected chi connectivity index (χ4v) is 4.23. The van der Waals surface area contributed by atoms with Crippen LogP contribution in [0.5, 0.6) is 0 Å². The molecule has 2 nitrogen and oxygen atoms in total. The Kier molecular flexibility index (Phi) is 5.31. The van der Waals surface area contributed by atoms with Gasteiger partial charge in [0.05, 0.1) is 20.7 Å². The summed E-state index contributed by atoms with van der Waals surface area (Å²) in [5.41, 5.74) is 6.27. The Balaban J connectivity index is 1.93. The van der Waals surface area contributed by atoms with Crippen LogP contribution in [-0.2, 0) is 10.8 Å². The molecule has 0 fully saturated rings. The minimum absolute atomic E-state index is 0.511. The molecule has 1 atom stereocenters. The minimum atomic E-state index is -1.11. The second kappa shape index (κ2) is 6.98. The van der Waals surface area contributed by atoms with E-state index >= 15 is 0 Å². The molecule has 2 aromatic carbocycles. The quantitative estimate of drug-likeness (QED) is 0.674. The number of benzene rings is 2. The van der Waals surface area contributed by atoms with E-state index < -0.39 is 10.8 Å². The lowest BCUT2D eigenvalue weighted by Gasteiger charge is -2.06. The topological polar surface area (TPSA) is 43.1 Å². The van der Waals surface area contributed by atoms with E-state index in [1.165, 1.54) is 4.90 Å². The summed E-state index contributed by atoms with van der Waals surface area (Å²) in [6.45, 7) is 0. The van der Waals surface area contributed by atoms with Crippen LogP contribution in [0.15, 0.2) is 58.3 Å². The lowest BCUT2D eigenvalue weighted by Crippen LogP contribution is -2.02. The summed E-state index contributed by atoms with van der Waals surface area (Å²) in [6.07, 6.45) is 0. The third-order valence-corrected chi connectivity index (χ3v) is 5.60. The summed E-state index contributed by atoms with van der Waals surface area (Å²) in [5.74, 6) is 1.34. The van der Waals surface area contributed by atoms with Gasteiger partial charge < -0.3 is 5.73 Å². The number of nitrogen functional groups attached to an aromatic ring is 1. The van der Waals surface area contributed by atoms with Gasteiger partial charge in [0, 0.05) is 22.1 Å². The molecular formula is C14H14ClNOS2. The van der Waals surface area contributed by atoms with E-state index in [0.717, 1.165) is 5.75 Å². The van der Waals surface area contributed by atoms with E-state index in [9.17, 15) is 4.21 Å². The normalized spacial score (nSPS) is 12.3. The first-order chi connectivity index (χ1) is 9.16. The lowest BCUT2D eigenvalue weighted by atomic mass is 10.3. The van der Waals surface area contributed by atoms with Gasteiger partial charge in [-0.15, -0.1) is 11.8 Å². The smallest absolute Gasteiger partial charge is 0.0595 e. The molecule has 0 heterocycles. The minimum Gasteiger partial charge on any atom is -0.399 e. The highest BCUT2D eigenvalue weighted by atomic mass is 35.5. The molecule has 5 heteroatoms. The standard InChI is InChI=1S/C14H14ClNOS2/c15-13-7-6-11(16)10-14(13)19(17)9-8-18-12-4-2-1-3-5-12/h1-7,10H,8-9,16H2. The Labute approximate surface area is 124 Å². The Hall–Kier alpha value is -0.970. The third kappa shape index (κ3) is 4.27. The van der Waals surface area contributed by atoms with Gasteiger partial charge in [-0.2, -0.15) is 0 Å². The van der Waals surface area contributed by atoms with Crippen molar-refractivity contribution in [2.75, 3.05) is 17.2 Å². The predicted octanol–water partition coefficient (Wildman–Crippen LogP) is 3.82. The fraction of sp³-hybridized carbons (Fsp3) is 0.143. The summed E-state index contributed by atoms with van der Waals surface area (Å²) in [5, 5.41) is 0.511. The van der Waals surface area contributed by atoms with Crippen molar-refractivity contribution in [1.29, 1.82) is 0 Å². The zero-order valence-corrected chi connectivity index (χ0v) is 12.6. The maximum atomic E-state index is 12.2. The fourth-order valence-electron chi connectivity index (χ4n) is 1.56.